The molecule has 0 radical (unpaired) electrons. The zero-order valence-electron chi connectivity index (χ0n) is 19.0. The first kappa shape index (κ1) is 27.1. The summed E-state index contributed by atoms with van der Waals surface area (Å²) in [6, 6.07) is 16.5. The van der Waals surface area contributed by atoms with E-state index < -0.39 is 18.0 Å². The first-order chi connectivity index (χ1) is 15.1. The molecule has 0 spiro atoms. The zero-order chi connectivity index (χ0) is 24.1. The fourth-order valence-corrected chi connectivity index (χ4v) is 3.12. The fourth-order valence-electron chi connectivity index (χ4n) is 2.85. The second kappa shape index (κ2) is 14.2. The first-order valence-corrected chi connectivity index (χ1v) is 11.0. The highest BCUT2D eigenvalue weighted by atomic mass is 35.5. The van der Waals surface area contributed by atoms with Crippen LogP contribution in [0, 0.1) is 0 Å². The lowest BCUT2D eigenvalue weighted by Crippen LogP contribution is -2.51. The van der Waals surface area contributed by atoms with Crippen LogP contribution in [0.25, 0.3) is 0 Å². The van der Waals surface area contributed by atoms with E-state index in [1.807, 2.05) is 32.0 Å². The lowest BCUT2D eigenvalue weighted by Gasteiger charge is -2.18. The first-order valence-electron chi connectivity index (χ1n) is 10.4. The number of rotatable bonds is 9. The molecule has 0 saturated carbocycles. The monoisotopic (exact) mass is 457 g/mol. The largest absolute Gasteiger partial charge is 0.545 e. The van der Waals surface area contributed by atoms with Gasteiger partial charge in [-0.2, -0.15) is 0 Å². The van der Waals surface area contributed by atoms with Crippen LogP contribution in [0.3, 0.4) is 0 Å². The number of carboxylic acid groups (broad SMARTS) is 1. The minimum absolute atomic E-state index is 0.0254. The van der Waals surface area contributed by atoms with Crippen LogP contribution >= 0.6 is 11.6 Å². The fraction of sp³-hybridized carbons (Fsp3) is 0.308. The van der Waals surface area contributed by atoms with E-state index in [1.165, 1.54) is 23.8 Å². The smallest absolute Gasteiger partial charge is 0.339 e. The van der Waals surface area contributed by atoms with Gasteiger partial charge in [-0.1, -0.05) is 66.3 Å². The Morgan fingerprint density at radius 2 is 1.66 bits per heavy atom. The number of allylic oxidation sites excluding steroid dienone is 1. The Hall–Kier alpha value is -2.89. The number of carbonyl (C=O) groups excluding carboxylic acids is 2. The van der Waals surface area contributed by atoms with E-state index in [0.717, 1.165) is 11.1 Å². The molecule has 0 unspecified atom stereocenters. The Morgan fingerprint density at radius 3 is 2.12 bits per heavy atom. The Balaban J connectivity index is 0.000000471. The second-order valence-corrected chi connectivity index (χ2v) is 8.10. The van der Waals surface area contributed by atoms with Gasteiger partial charge in [-0.05, 0) is 39.3 Å². The quantitative estimate of drug-likeness (QED) is 0.348. The lowest BCUT2D eigenvalue weighted by molar-refractivity contribution is -0.420. The Kier molecular flexibility index (Phi) is 12.1. The molecule has 0 aromatic heterocycles. The van der Waals surface area contributed by atoms with E-state index in [0.29, 0.717) is 24.8 Å². The maximum atomic E-state index is 12.3. The van der Waals surface area contributed by atoms with Crippen LogP contribution in [0.15, 0.2) is 78.4 Å². The van der Waals surface area contributed by atoms with E-state index in [9.17, 15) is 14.7 Å². The second-order valence-electron chi connectivity index (χ2n) is 7.73. The Morgan fingerprint density at radius 1 is 1.09 bits per heavy atom. The molecule has 0 amide bonds. The van der Waals surface area contributed by atoms with Crippen molar-refractivity contribution in [1.82, 2.24) is 0 Å². The number of esters is 1. The van der Waals surface area contributed by atoms with Gasteiger partial charge in [-0.15, -0.1) is 11.6 Å². The number of alkyl halides is 1. The van der Waals surface area contributed by atoms with Crippen LogP contribution in [0.1, 0.15) is 65.9 Å². The van der Waals surface area contributed by atoms with Crippen LogP contribution in [-0.2, 0) is 4.74 Å². The minimum Gasteiger partial charge on any atom is -0.545 e. The summed E-state index contributed by atoms with van der Waals surface area (Å²) in [6.07, 6.45) is 2.36. The topological polar surface area (TPSA) is 94.1 Å². The number of hydrogen-bond donors (Lipinski definition) is 1. The van der Waals surface area contributed by atoms with Gasteiger partial charge in [-0.3, -0.25) is 0 Å². The number of carbonyl (C=O) groups is 2. The van der Waals surface area contributed by atoms with Gasteiger partial charge in [-0.25, -0.2) is 4.79 Å². The van der Waals surface area contributed by atoms with Crippen molar-refractivity contribution in [3.05, 3.63) is 95.1 Å². The summed E-state index contributed by atoms with van der Waals surface area (Å²) >= 11 is 5.69. The molecule has 0 aliphatic heterocycles. The summed E-state index contributed by atoms with van der Waals surface area (Å²) in [7, 11) is 0. The molecule has 2 atom stereocenters. The number of quaternary nitrogens is 1. The third-order valence-electron chi connectivity index (χ3n) is 4.45. The number of benzene rings is 2. The summed E-state index contributed by atoms with van der Waals surface area (Å²) in [4.78, 5) is 23.4. The Bertz CT molecular complexity index is 918. The molecule has 2 rings (SSSR count). The van der Waals surface area contributed by atoms with Crippen molar-refractivity contribution in [1.29, 1.82) is 0 Å². The van der Waals surface area contributed by atoms with Crippen molar-refractivity contribution < 1.29 is 25.2 Å². The van der Waals surface area contributed by atoms with Crippen LogP contribution in [-0.4, -0.2) is 23.9 Å². The van der Waals surface area contributed by atoms with E-state index in [4.69, 9.17) is 16.3 Å². The third-order valence-corrected chi connectivity index (χ3v) is 4.64. The number of ether oxygens (including phenoxy) is 1. The van der Waals surface area contributed by atoms with Crippen molar-refractivity contribution in [2.45, 2.75) is 45.8 Å². The summed E-state index contributed by atoms with van der Waals surface area (Å²) in [5, 5.41) is 11.1. The molecule has 0 heterocycles. The molecule has 172 valence electrons. The van der Waals surface area contributed by atoms with Gasteiger partial charge in [0.2, 0.25) is 0 Å². The minimum atomic E-state index is -1.41. The predicted octanol–water partition coefficient (Wildman–Crippen LogP) is 4.11. The van der Waals surface area contributed by atoms with Gasteiger partial charge in [0, 0.05) is 23.4 Å². The maximum Gasteiger partial charge on any atom is 0.339 e. The average Bonchev–Trinajstić information content (AvgIpc) is 2.74. The molecule has 0 aliphatic rings. The zero-order valence-corrected chi connectivity index (χ0v) is 19.7. The summed E-state index contributed by atoms with van der Waals surface area (Å²) in [6.45, 7) is 9.78. The van der Waals surface area contributed by atoms with Crippen LogP contribution < -0.4 is 10.8 Å². The van der Waals surface area contributed by atoms with Crippen LogP contribution in [0.5, 0.6) is 0 Å². The van der Waals surface area contributed by atoms with Crippen molar-refractivity contribution >= 4 is 23.5 Å². The standard InChI is InChI=1S/C18H21ClO4.C8H11N/c1-12(2)10-14(11-13(3)8-9-19)23-18(22)16-7-5-4-6-15(16)17(20)21;1-7(9)8-5-3-2-4-6-8/h4-7,10,14H,3,8-9,11H2,1-2H3,(H,20,21);2-7H,9H2,1H3/t14-;7-/m10/s1. The van der Waals surface area contributed by atoms with Crippen molar-refractivity contribution in [3.8, 4) is 0 Å². The number of hydrogen-bond acceptors (Lipinski definition) is 4. The molecule has 6 heteroatoms. The van der Waals surface area contributed by atoms with Gasteiger partial charge in [0.1, 0.15) is 12.1 Å². The lowest BCUT2D eigenvalue weighted by atomic mass is 10.0. The SMILES string of the molecule is C=C(CCCl)C[C@@H](C=C(C)C)OC(=O)c1ccccc1C(=O)[O-].C[C@H]([NH3+])c1ccccc1. The van der Waals surface area contributed by atoms with Gasteiger partial charge in [0.25, 0.3) is 0 Å². The average molecular weight is 458 g/mol. The van der Waals surface area contributed by atoms with E-state index in [1.54, 1.807) is 12.1 Å². The molecular formula is C26H32ClNO4. The van der Waals surface area contributed by atoms with Crippen LogP contribution in [0.4, 0.5) is 0 Å². The third kappa shape index (κ3) is 9.94. The van der Waals surface area contributed by atoms with Gasteiger partial charge in [0.15, 0.2) is 0 Å². The molecular weight excluding hydrogens is 426 g/mol. The highest BCUT2D eigenvalue weighted by Gasteiger charge is 2.18. The summed E-state index contributed by atoms with van der Waals surface area (Å²) in [5.41, 5.74) is 6.85. The summed E-state index contributed by atoms with van der Waals surface area (Å²) < 4.78 is 5.44. The normalized spacial score (nSPS) is 11.9. The molecule has 0 fully saturated rings. The van der Waals surface area contributed by atoms with E-state index in [-0.39, 0.29) is 11.1 Å². The predicted molar refractivity (Wildman–Crippen MR) is 126 cm³/mol. The molecule has 0 saturated heterocycles. The van der Waals surface area contributed by atoms with Gasteiger partial charge in [0.05, 0.1) is 11.5 Å². The van der Waals surface area contributed by atoms with Gasteiger partial charge < -0.3 is 20.4 Å². The van der Waals surface area contributed by atoms with Crippen molar-refractivity contribution in [2.75, 3.05) is 5.88 Å². The van der Waals surface area contributed by atoms with Crippen LogP contribution in [0.2, 0.25) is 0 Å². The molecule has 2 aromatic carbocycles. The molecule has 0 bridgehead atoms. The van der Waals surface area contributed by atoms with Crippen molar-refractivity contribution in [2.24, 2.45) is 0 Å². The highest BCUT2D eigenvalue weighted by Crippen LogP contribution is 2.17. The van der Waals surface area contributed by atoms with E-state index >= 15 is 0 Å². The molecule has 5 nitrogen and oxygen atoms in total. The Labute approximate surface area is 195 Å². The summed E-state index contributed by atoms with van der Waals surface area (Å²) in [5.74, 6) is -1.67. The van der Waals surface area contributed by atoms with E-state index in [2.05, 4.69) is 31.4 Å². The molecule has 2 aromatic rings. The maximum absolute atomic E-state index is 12.3. The number of halogens is 1. The molecule has 32 heavy (non-hydrogen) atoms. The molecule has 0 aliphatic carbocycles. The number of aromatic carboxylic acids is 1. The highest BCUT2D eigenvalue weighted by molar-refractivity contribution is 6.18. The molecule has 3 N–H and O–H groups in total. The number of carboxylic acids is 1. The van der Waals surface area contributed by atoms with Gasteiger partial charge >= 0.3 is 5.97 Å². The van der Waals surface area contributed by atoms with Crippen molar-refractivity contribution in [3.63, 3.8) is 0 Å².